The lowest BCUT2D eigenvalue weighted by Gasteiger charge is -2.42. The highest BCUT2D eigenvalue weighted by molar-refractivity contribution is 5.95. The fourth-order valence-corrected chi connectivity index (χ4v) is 5.13. The lowest BCUT2D eigenvalue weighted by molar-refractivity contribution is -0.164. The van der Waals surface area contributed by atoms with Crippen molar-refractivity contribution in [1.82, 2.24) is 9.88 Å². The topological polar surface area (TPSA) is 82.6 Å². The molecule has 5 rings (SSSR count). The van der Waals surface area contributed by atoms with E-state index in [1.165, 1.54) is 0 Å². The molecule has 0 amide bonds. The number of esters is 1. The van der Waals surface area contributed by atoms with E-state index < -0.39 is 23.0 Å². The summed E-state index contributed by atoms with van der Waals surface area (Å²) in [6.07, 6.45) is 2.58. The predicted octanol–water partition coefficient (Wildman–Crippen LogP) is 1.25. The van der Waals surface area contributed by atoms with Gasteiger partial charge in [0, 0.05) is 29.2 Å². The molecule has 6 nitrogen and oxygen atoms in total. The standard InChI is InChI=1S/C17H16N2O4/c1-19-8-16(15(21)22)6-13(20)23-17(16)10-3-2-4-11-14(10)9(7-18-11)5-12(17)19/h2-4,7,12,18H,5-6,8H2,1H3,(H,21,22)/t12-,16-,17+/m1/s1. The average Bonchev–Trinajstić information content (AvgIpc) is 3.10. The van der Waals surface area contributed by atoms with E-state index in [0.29, 0.717) is 13.0 Å². The van der Waals surface area contributed by atoms with Crippen molar-refractivity contribution in [3.05, 3.63) is 35.5 Å². The van der Waals surface area contributed by atoms with Crippen LogP contribution in [0.25, 0.3) is 10.9 Å². The molecule has 6 heteroatoms. The number of ether oxygens (including phenoxy) is 1. The summed E-state index contributed by atoms with van der Waals surface area (Å²) in [6.45, 7) is 0.323. The van der Waals surface area contributed by atoms with Gasteiger partial charge in [-0.15, -0.1) is 0 Å². The highest BCUT2D eigenvalue weighted by Gasteiger charge is 2.75. The van der Waals surface area contributed by atoms with Gasteiger partial charge >= 0.3 is 11.9 Å². The molecule has 3 aliphatic rings. The number of carbonyl (C=O) groups is 2. The number of H-pyrrole nitrogens is 1. The molecular weight excluding hydrogens is 296 g/mol. The number of aromatic nitrogens is 1. The zero-order chi connectivity index (χ0) is 16.0. The van der Waals surface area contributed by atoms with Gasteiger partial charge in [-0.25, -0.2) is 0 Å². The zero-order valence-electron chi connectivity index (χ0n) is 12.6. The number of aliphatic carboxylic acids is 1. The molecule has 1 spiro atoms. The van der Waals surface area contributed by atoms with E-state index in [1.54, 1.807) is 0 Å². The minimum Gasteiger partial charge on any atom is -0.481 e. The van der Waals surface area contributed by atoms with E-state index in [2.05, 4.69) is 4.98 Å². The summed E-state index contributed by atoms with van der Waals surface area (Å²) in [5.74, 6) is -1.37. The van der Waals surface area contributed by atoms with Crippen molar-refractivity contribution in [3.63, 3.8) is 0 Å². The minimum absolute atomic E-state index is 0.0701. The Morgan fingerprint density at radius 2 is 2.30 bits per heavy atom. The summed E-state index contributed by atoms with van der Waals surface area (Å²) in [5, 5.41) is 11.0. The molecule has 2 saturated heterocycles. The van der Waals surface area contributed by atoms with Crippen LogP contribution in [0.5, 0.6) is 0 Å². The highest BCUT2D eigenvalue weighted by atomic mass is 16.6. The number of nitrogens with zero attached hydrogens (tertiary/aromatic N) is 1. The number of rotatable bonds is 1. The molecule has 0 radical (unpaired) electrons. The molecule has 0 bridgehead atoms. The third-order valence-electron chi connectivity index (χ3n) is 5.96. The van der Waals surface area contributed by atoms with E-state index in [-0.39, 0.29) is 12.5 Å². The van der Waals surface area contributed by atoms with Crippen LogP contribution in [0.4, 0.5) is 0 Å². The van der Waals surface area contributed by atoms with Crippen LogP contribution < -0.4 is 0 Å². The van der Waals surface area contributed by atoms with Crippen LogP contribution in [0.2, 0.25) is 0 Å². The fraction of sp³-hybridized carbons (Fsp3) is 0.412. The quantitative estimate of drug-likeness (QED) is 0.775. The first-order valence-corrected chi connectivity index (χ1v) is 7.74. The van der Waals surface area contributed by atoms with Gasteiger partial charge in [0.1, 0.15) is 5.41 Å². The molecular formula is C17H16N2O4. The number of aromatic amines is 1. The summed E-state index contributed by atoms with van der Waals surface area (Å²) in [7, 11) is 1.92. The number of carboxylic acid groups (broad SMARTS) is 1. The van der Waals surface area contributed by atoms with Crippen LogP contribution in [0.3, 0.4) is 0 Å². The first kappa shape index (κ1) is 13.1. The Labute approximate surface area is 132 Å². The van der Waals surface area contributed by atoms with Gasteiger partial charge in [-0.3, -0.25) is 14.5 Å². The monoisotopic (exact) mass is 312 g/mol. The second-order valence-electron chi connectivity index (χ2n) is 6.95. The second kappa shape index (κ2) is 3.76. The third kappa shape index (κ3) is 1.23. The summed E-state index contributed by atoms with van der Waals surface area (Å²) in [4.78, 5) is 29.7. The number of carbonyl (C=O) groups excluding carboxylic acids is 1. The number of benzene rings is 1. The lowest BCUT2D eigenvalue weighted by Crippen LogP contribution is -2.53. The Hall–Kier alpha value is -2.34. The second-order valence-corrected chi connectivity index (χ2v) is 6.95. The van der Waals surface area contributed by atoms with Crippen molar-refractivity contribution < 1.29 is 19.4 Å². The number of carboxylic acids is 1. The maximum absolute atomic E-state index is 12.2. The molecule has 2 aliphatic heterocycles. The smallest absolute Gasteiger partial charge is 0.316 e. The number of likely N-dealkylation sites (N-methyl/N-ethyl adjacent to an activating group) is 1. The normalized spacial score (nSPS) is 35.2. The van der Waals surface area contributed by atoms with Gasteiger partial charge in [-0.2, -0.15) is 0 Å². The van der Waals surface area contributed by atoms with Gasteiger partial charge in [0.2, 0.25) is 0 Å². The summed E-state index contributed by atoms with van der Waals surface area (Å²) >= 11 is 0. The van der Waals surface area contributed by atoms with E-state index >= 15 is 0 Å². The van der Waals surface area contributed by atoms with E-state index in [4.69, 9.17) is 4.74 Å². The summed E-state index contributed by atoms with van der Waals surface area (Å²) < 4.78 is 5.85. The summed E-state index contributed by atoms with van der Waals surface area (Å²) in [5.41, 5.74) is 0.635. The van der Waals surface area contributed by atoms with Crippen LogP contribution in [-0.4, -0.2) is 46.6 Å². The maximum Gasteiger partial charge on any atom is 0.316 e. The van der Waals surface area contributed by atoms with Crippen LogP contribution in [-0.2, 0) is 26.3 Å². The van der Waals surface area contributed by atoms with Crippen molar-refractivity contribution in [2.24, 2.45) is 5.41 Å². The Bertz CT molecular complexity index is 888. The van der Waals surface area contributed by atoms with Crippen LogP contribution in [0.1, 0.15) is 17.5 Å². The van der Waals surface area contributed by atoms with Gasteiger partial charge in [0.15, 0.2) is 5.60 Å². The lowest BCUT2D eigenvalue weighted by atomic mass is 9.64. The fourth-order valence-electron chi connectivity index (χ4n) is 5.13. The molecule has 2 N–H and O–H groups in total. The molecule has 3 heterocycles. The van der Waals surface area contributed by atoms with Crippen LogP contribution >= 0.6 is 0 Å². The molecule has 2 fully saturated rings. The van der Waals surface area contributed by atoms with Crippen LogP contribution in [0.15, 0.2) is 24.4 Å². The molecule has 118 valence electrons. The Morgan fingerprint density at radius 1 is 1.48 bits per heavy atom. The van der Waals surface area contributed by atoms with Gasteiger partial charge in [0.05, 0.1) is 12.5 Å². The molecule has 0 saturated carbocycles. The SMILES string of the molecule is CN1C[C@@]2(C(=O)O)CC(=O)O[C@]23c2cccc4[nH]cc(c24)C[C@@H]13. The molecule has 3 atom stereocenters. The minimum atomic E-state index is -1.22. The van der Waals surface area contributed by atoms with E-state index in [0.717, 1.165) is 22.0 Å². The average molecular weight is 312 g/mol. The zero-order valence-corrected chi connectivity index (χ0v) is 12.6. The predicted molar refractivity (Wildman–Crippen MR) is 80.9 cm³/mol. The number of nitrogens with one attached hydrogen (secondary N) is 1. The first-order valence-electron chi connectivity index (χ1n) is 7.74. The van der Waals surface area contributed by atoms with Gasteiger partial charge in [-0.1, -0.05) is 12.1 Å². The molecule has 1 aliphatic carbocycles. The van der Waals surface area contributed by atoms with E-state index in [9.17, 15) is 14.7 Å². The van der Waals surface area contributed by atoms with Crippen molar-refractivity contribution in [2.75, 3.05) is 13.6 Å². The molecule has 2 aromatic rings. The highest BCUT2D eigenvalue weighted by Crippen LogP contribution is 2.62. The van der Waals surface area contributed by atoms with Crippen molar-refractivity contribution in [3.8, 4) is 0 Å². The van der Waals surface area contributed by atoms with Gasteiger partial charge in [0.25, 0.3) is 0 Å². The Kier molecular flexibility index (Phi) is 2.15. The molecule has 1 aromatic heterocycles. The molecule has 1 aromatic carbocycles. The molecule has 0 unspecified atom stereocenters. The largest absolute Gasteiger partial charge is 0.481 e. The number of hydrogen-bond acceptors (Lipinski definition) is 4. The van der Waals surface area contributed by atoms with Crippen LogP contribution in [0, 0.1) is 5.41 Å². The van der Waals surface area contributed by atoms with Crippen molar-refractivity contribution >= 4 is 22.8 Å². The Balaban J connectivity index is 1.91. The van der Waals surface area contributed by atoms with Crippen molar-refractivity contribution in [2.45, 2.75) is 24.5 Å². The van der Waals surface area contributed by atoms with Gasteiger partial charge in [-0.05, 0) is 25.1 Å². The third-order valence-corrected chi connectivity index (χ3v) is 5.96. The number of likely N-dealkylation sites (tertiary alicyclic amines) is 1. The van der Waals surface area contributed by atoms with Gasteiger partial charge < -0.3 is 14.8 Å². The molecule has 23 heavy (non-hydrogen) atoms. The first-order chi connectivity index (χ1) is 11.0. The van der Waals surface area contributed by atoms with E-state index in [1.807, 2.05) is 36.3 Å². The summed E-state index contributed by atoms with van der Waals surface area (Å²) in [6, 6.07) is 5.63. The van der Waals surface area contributed by atoms with Crippen molar-refractivity contribution in [1.29, 1.82) is 0 Å². The number of hydrogen-bond donors (Lipinski definition) is 2. The maximum atomic E-state index is 12.2. The Morgan fingerprint density at radius 3 is 3.09 bits per heavy atom.